The summed E-state index contributed by atoms with van der Waals surface area (Å²) >= 11 is 5.51. The van der Waals surface area contributed by atoms with Gasteiger partial charge in [0.05, 0.1) is 24.6 Å². The number of aromatic nitrogens is 1. The molecule has 1 heterocycles. The van der Waals surface area contributed by atoms with Crippen LogP contribution in [0.25, 0.3) is 0 Å². The van der Waals surface area contributed by atoms with Crippen LogP contribution in [-0.2, 0) is 21.8 Å². The van der Waals surface area contributed by atoms with Crippen molar-refractivity contribution in [2.75, 3.05) is 6.61 Å². The molecule has 0 saturated heterocycles. The highest BCUT2D eigenvalue weighted by molar-refractivity contribution is 6.17. The van der Waals surface area contributed by atoms with Gasteiger partial charge in [-0.25, -0.2) is 4.98 Å². The summed E-state index contributed by atoms with van der Waals surface area (Å²) in [5.74, 6) is -3.53. The number of rotatable bonds is 5. The lowest BCUT2D eigenvalue weighted by atomic mass is 10.1. The maximum Gasteiger partial charge on any atom is 0.573 e. The second-order valence-corrected chi connectivity index (χ2v) is 3.81. The number of hydrogen-bond acceptors (Lipinski definition) is 4. The number of pyridine rings is 1. The van der Waals surface area contributed by atoms with Crippen LogP contribution in [0, 0.1) is 5.95 Å². The van der Waals surface area contributed by atoms with Crippen LogP contribution in [0.4, 0.5) is 17.6 Å². The van der Waals surface area contributed by atoms with Crippen LogP contribution in [0.3, 0.4) is 0 Å². The summed E-state index contributed by atoms with van der Waals surface area (Å²) in [5.41, 5.74) is -0.0363. The van der Waals surface area contributed by atoms with Gasteiger partial charge >= 0.3 is 12.3 Å². The Morgan fingerprint density at radius 3 is 2.60 bits per heavy atom. The van der Waals surface area contributed by atoms with Crippen LogP contribution in [0.1, 0.15) is 18.2 Å². The third kappa shape index (κ3) is 4.84. The quantitative estimate of drug-likeness (QED) is 0.363. The number of esters is 1. The largest absolute Gasteiger partial charge is 0.573 e. The molecule has 9 heteroatoms. The number of hydrogen-bond donors (Lipinski definition) is 0. The standard InChI is InChI=1S/C11H10ClF4NO3/c1-2-19-9(18)4-6-3-8(20-11(14,15)16)10(13)17-7(6)5-12/h3H,2,4-5H2,1H3. The first-order chi connectivity index (χ1) is 9.26. The predicted octanol–water partition coefficient (Wildman–Crippen LogP) is 2.96. The van der Waals surface area contributed by atoms with Gasteiger partial charge in [0.25, 0.3) is 5.95 Å². The molecule has 0 aromatic carbocycles. The average Bonchev–Trinajstić information content (AvgIpc) is 2.31. The third-order valence-electron chi connectivity index (χ3n) is 2.10. The number of ether oxygens (including phenoxy) is 2. The van der Waals surface area contributed by atoms with Crippen molar-refractivity contribution < 1.29 is 31.8 Å². The van der Waals surface area contributed by atoms with E-state index in [1.807, 2.05) is 0 Å². The molecule has 0 aliphatic carbocycles. The summed E-state index contributed by atoms with van der Waals surface area (Å²) in [6.45, 7) is 1.68. The van der Waals surface area contributed by atoms with E-state index in [1.165, 1.54) is 0 Å². The molecule has 20 heavy (non-hydrogen) atoms. The predicted molar refractivity (Wildman–Crippen MR) is 60.8 cm³/mol. The molecule has 1 rings (SSSR count). The summed E-state index contributed by atoms with van der Waals surface area (Å²) in [7, 11) is 0. The number of nitrogens with zero attached hydrogens (tertiary/aromatic N) is 1. The monoisotopic (exact) mass is 315 g/mol. The fraction of sp³-hybridized carbons (Fsp3) is 0.455. The van der Waals surface area contributed by atoms with Gasteiger partial charge in [0, 0.05) is 0 Å². The topological polar surface area (TPSA) is 48.4 Å². The Morgan fingerprint density at radius 1 is 1.45 bits per heavy atom. The average molecular weight is 316 g/mol. The Bertz CT molecular complexity index is 493. The van der Waals surface area contributed by atoms with E-state index in [0.29, 0.717) is 0 Å². The molecule has 112 valence electrons. The van der Waals surface area contributed by atoms with Crippen molar-refractivity contribution in [2.24, 2.45) is 0 Å². The maximum absolute atomic E-state index is 13.3. The maximum atomic E-state index is 13.3. The molecule has 0 saturated carbocycles. The van der Waals surface area contributed by atoms with Crippen molar-refractivity contribution in [3.05, 3.63) is 23.3 Å². The van der Waals surface area contributed by atoms with Crippen LogP contribution in [0.2, 0.25) is 0 Å². The molecule has 1 aromatic heterocycles. The first kappa shape index (κ1) is 16.5. The minimum atomic E-state index is -5.06. The molecule has 4 nitrogen and oxygen atoms in total. The molecule has 0 aliphatic rings. The highest BCUT2D eigenvalue weighted by Gasteiger charge is 2.33. The lowest BCUT2D eigenvalue weighted by Crippen LogP contribution is -2.19. The molecule has 0 fully saturated rings. The van der Waals surface area contributed by atoms with Gasteiger partial charge in [-0.1, -0.05) is 0 Å². The fourth-order valence-corrected chi connectivity index (χ4v) is 1.61. The van der Waals surface area contributed by atoms with Gasteiger partial charge in [0.15, 0.2) is 5.75 Å². The molecule has 0 atom stereocenters. The van der Waals surface area contributed by atoms with E-state index in [1.54, 1.807) is 6.92 Å². The van der Waals surface area contributed by atoms with Crippen molar-refractivity contribution in [1.82, 2.24) is 4.98 Å². The van der Waals surface area contributed by atoms with E-state index in [-0.39, 0.29) is 30.2 Å². The van der Waals surface area contributed by atoms with Crippen molar-refractivity contribution >= 4 is 17.6 Å². The van der Waals surface area contributed by atoms with Gasteiger partial charge in [-0.3, -0.25) is 4.79 Å². The Kier molecular flexibility index (Phi) is 5.55. The SMILES string of the molecule is CCOC(=O)Cc1cc(OC(F)(F)F)c(F)nc1CCl. The lowest BCUT2D eigenvalue weighted by Gasteiger charge is -2.12. The molecule has 0 unspecified atom stereocenters. The van der Waals surface area contributed by atoms with Gasteiger partial charge in [0.2, 0.25) is 0 Å². The second kappa shape index (κ2) is 6.74. The van der Waals surface area contributed by atoms with Gasteiger partial charge in [-0.2, -0.15) is 4.39 Å². The van der Waals surface area contributed by atoms with E-state index in [2.05, 4.69) is 14.5 Å². The smallest absolute Gasteiger partial charge is 0.466 e. The van der Waals surface area contributed by atoms with Crippen LogP contribution in [-0.4, -0.2) is 23.9 Å². The summed E-state index contributed by atoms with van der Waals surface area (Å²) in [5, 5.41) is 0. The molecule has 0 radical (unpaired) electrons. The minimum absolute atomic E-state index is 0.0131. The number of carbonyl (C=O) groups excluding carboxylic acids is 1. The van der Waals surface area contributed by atoms with Crippen molar-refractivity contribution in [1.29, 1.82) is 0 Å². The first-order valence-corrected chi connectivity index (χ1v) is 5.96. The zero-order valence-corrected chi connectivity index (χ0v) is 11.0. The van der Waals surface area contributed by atoms with Crippen LogP contribution in [0.5, 0.6) is 5.75 Å². The van der Waals surface area contributed by atoms with Gasteiger partial charge in [-0.05, 0) is 18.6 Å². The Labute approximate surface area is 116 Å². The highest BCUT2D eigenvalue weighted by atomic mass is 35.5. The summed E-state index contributed by atoms with van der Waals surface area (Å²) in [6, 6.07) is 0.741. The van der Waals surface area contributed by atoms with Gasteiger partial charge in [-0.15, -0.1) is 24.8 Å². The fourth-order valence-electron chi connectivity index (χ4n) is 1.38. The summed E-state index contributed by atoms with van der Waals surface area (Å²) in [4.78, 5) is 14.6. The van der Waals surface area contributed by atoms with Crippen LogP contribution >= 0.6 is 11.6 Å². The molecule has 0 spiro atoms. The third-order valence-corrected chi connectivity index (χ3v) is 2.36. The van der Waals surface area contributed by atoms with E-state index in [9.17, 15) is 22.4 Å². The molecule has 0 bridgehead atoms. The zero-order valence-electron chi connectivity index (χ0n) is 10.3. The van der Waals surface area contributed by atoms with Crippen molar-refractivity contribution in [2.45, 2.75) is 25.6 Å². The molecule has 0 N–H and O–H groups in total. The zero-order chi connectivity index (χ0) is 15.3. The number of halogens is 5. The van der Waals surface area contributed by atoms with E-state index < -0.39 is 24.0 Å². The van der Waals surface area contributed by atoms with Gasteiger partial charge in [0.1, 0.15) is 0 Å². The van der Waals surface area contributed by atoms with E-state index >= 15 is 0 Å². The normalized spacial score (nSPS) is 11.3. The Balaban J connectivity index is 3.08. The summed E-state index contributed by atoms with van der Waals surface area (Å²) in [6.07, 6.45) is -5.44. The molecule has 1 aromatic rings. The van der Waals surface area contributed by atoms with E-state index in [4.69, 9.17) is 11.6 Å². The van der Waals surface area contributed by atoms with Crippen LogP contribution in [0.15, 0.2) is 6.07 Å². The Hall–Kier alpha value is -1.57. The lowest BCUT2D eigenvalue weighted by molar-refractivity contribution is -0.275. The minimum Gasteiger partial charge on any atom is -0.466 e. The molecular formula is C11H10ClF4NO3. The van der Waals surface area contributed by atoms with E-state index in [0.717, 1.165) is 6.07 Å². The summed E-state index contributed by atoms with van der Waals surface area (Å²) < 4.78 is 57.7. The Morgan fingerprint density at radius 2 is 2.10 bits per heavy atom. The number of carbonyl (C=O) groups is 1. The molecule has 0 amide bonds. The van der Waals surface area contributed by atoms with Crippen molar-refractivity contribution in [3.63, 3.8) is 0 Å². The van der Waals surface area contributed by atoms with Crippen LogP contribution < -0.4 is 4.74 Å². The van der Waals surface area contributed by atoms with Gasteiger partial charge < -0.3 is 9.47 Å². The molecule has 0 aliphatic heterocycles. The van der Waals surface area contributed by atoms with Crippen molar-refractivity contribution in [3.8, 4) is 5.75 Å². The first-order valence-electron chi connectivity index (χ1n) is 5.42. The highest BCUT2D eigenvalue weighted by Crippen LogP contribution is 2.27. The molecular weight excluding hydrogens is 306 g/mol. The number of alkyl halides is 4. The second-order valence-electron chi connectivity index (χ2n) is 3.55.